The van der Waals surface area contributed by atoms with Crippen LogP contribution in [-0.2, 0) is 4.74 Å². The fourth-order valence-electron chi connectivity index (χ4n) is 3.56. The first-order chi connectivity index (χ1) is 13.7. The number of aliphatic hydroxyl groups is 3. The molecule has 0 unspecified atom stereocenters. The van der Waals surface area contributed by atoms with Gasteiger partial charge in [0.05, 0.1) is 5.39 Å². The molecule has 1 fully saturated rings. The van der Waals surface area contributed by atoms with E-state index in [0.717, 1.165) is 12.3 Å². The fourth-order valence-corrected chi connectivity index (χ4v) is 3.56. The van der Waals surface area contributed by atoms with Gasteiger partial charge in [-0.2, -0.15) is 0 Å². The molecule has 0 aliphatic carbocycles. The van der Waals surface area contributed by atoms with Crippen molar-refractivity contribution in [3.63, 3.8) is 0 Å². The van der Waals surface area contributed by atoms with E-state index in [0.29, 0.717) is 11.0 Å². The molecular formula is C18H19F2N5O4. The van der Waals surface area contributed by atoms with Gasteiger partial charge in [-0.1, -0.05) is 0 Å². The van der Waals surface area contributed by atoms with E-state index in [-0.39, 0.29) is 16.9 Å². The number of hydrogen-bond donors (Lipinski definition) is 4. The number of pyridine rings is 1. The summed E-state index contributed by atoms with van der Waals surface area (Å²) in [4.78, 5) is 11.7. The minimum atomic E-state index is -2.77. The number of fused-ring (bicyclic) bond motifs is 1. The number of ether oxygens (including phenoxy) is 1. The second-order valence-electron chi connectivity index (χ2n) is 7.13. The minimum Gasteiger partial charge on any atom is -0.386 e. The van der Waals surface area contributed by atoms with Crippen molar-refractivity contribution < 1.29 is 28.8 Å². The number of anilines is 1. The average Bonchev–Trinajstić information content (AvgIpc) is 3.22. The second-order valence-corrected chi connectivity index (χ2v) is 7.13. The minimum absolute atomic E-state index is 0.0323. The zero-order valence-electron chi connectivity index (χ0n) is 15.2. The van der Waals surface area contributed by atoms with Gasteiger partial charge in [0, 0.05) is 29.7 Å². The molecule has 0 spiro atoms. The number of nitrogens with zero attached hydrogens (tertiary/aromatic N) is 4. The molecule has 0 aromatic carbocycles. The van der Waals surface area contributed by atoms with Gasteiger partial charge in [0.1, 0.15) is 41.7 Å². The molecule has 0 radical (unpaired) electrons. The summed E-state index contributed by atoms with van der Waals surface area (Å²) in [6.45, 7) is 1.30. The molecule has 3 aromatic rings. The number of nitrogens with two attached hydrogens (primary N) is 1. The largest absolute Gasteiger partial charge is 0.386 e. The SMILES string of the molecule is C[C@@]1(O)[C@@H]([C@@H](O)c2cncc(C(F)F)c2)O[C@@H](n2ccc3c(N)ncnc32)[C@@H]1O. The predicted octanol–water partition coefficient (Wildman–Crippen LogP) is 1.09. The number of aliphatic hydroxyl groups excluding tert-OH is 2. The molecule has 1 aliphatic rings. The summed E-state index contributed by atoms with van der Waals surface area (Å²) in [5, 5.41) is 32.8. The van der Waals surface area contributed by atoms with Crippen LogP contribution in [0.1, 0.15) is 36.8 Å². The van der Waals surface area contributed by atoms with E-state index in [4.69, 9.17) is 10.5 Å². The smallest absolute Gasteiger partial charge is 0.265 e. The molecule has 0 amide bonds. The van der Waals surface area contributed by atoms with Gasteiger partial charge >= 0.3 is 0 Å². The Bertz CT molecular complexity index is 1040. The topological polar surface area (TPSA) is 140 Å². The van der Waals surface area contributed by atoms with Crippen molar-refractivity contribution in [3.8, 4) is 0 Å². The molecule has 5 atom stereocenters. The lowest BCUT2D eigenvalue weighted by molar-refractivity contribution is -0.115. The molecule has 0 saturated carbocycles. The summed E-state index contributed by atoms with van der Waals surface area (Å²) in [5.74, 6) is 0.236. The molecule has 11 heteroatoms. The highest BCUT2D eigenvalue weighted by Gasteiger charge is 2.56. The van der Waals surface area contributed by atoms with Gasteiger partial charge in [-0.15, -0.1) is 0 Å². The third-order valence-electron chi connectivity index (χ3n) is 5.21. The maximum Gasteiger partial charge on any atom is 0.265 e. The highest BCUT2D eigenvalue weighted by Crippen LogP contribution is 2.43. The Morgan fingerprint density at radius 1 is 1.28 bits per heavy atom. The van der Waals surface area contributed by atoms with Gasteiger partial charge in [0.15, 0.2) is 6.23 Å². The second kappa shape index (κ2) is 6.95. The number of rotatable bonds is 4. The number of hydrogen-bond acceptors (Lipinski definition) is 8. The van der Waals surface area contributed by atoms with Crippen molar-refractivity contribution >= 4 is 16.9 Å². The van der Waals surface area contributed by atoms with Gasteiger partial charge in [-0.3, -0.25) is 4.98 Å². The van der Waals surface area contributed by atoms with Crippen molar-refractivity contribution in [2.45, 2.75) is 43.5 Å². The summed E-state index contributed by atoms with van der Waals surface area (Å²) in [6, 6.07) is 2.72. The van der Waals surface area contributed by atoms with Gasteiger partial charge in [-0.25, -0.2) is 18.7 Å². The Hall–Kier alpha value is -2.73. The van der Waals surface area contributed by atoms with Crippen LogP contribution in [0, 0.1) is 0 Å². The molecule has 0 bridgehead atoms. The van der Waals surface area contributed by atoms with Crippen LogP contribution in [0.15, 0.2) is 37.1 Å². The fraction of sp³-hybridized carbons (Fsp3) is 0.389. The number of alkyl halides is 2. The first-order valence-corrected chi connectivity index (χ1v) is 8.75. The zero-order chi connectivity index (χ0) is 20.9. The molecule has 1 saturated heterocycles. The third-order valence-corrected chi connectivity index (χ3v) is 5.21. The monoisotopic (exact) mass is 407 g/mol. The van der Waals surface area contributed by atoms with Crippen molar-refractivity contribution in [1.29, 1.82) is 0 Å². The van der Waals surface area contributed by atoms with Gasteiger partial charge in [0.2, 0.25) is 0 Å². The van der Waals surface area contributed by atoms with E-state index >= 15 is 0 Å². The molecule has 4 rings (SSSR count). The normalized spacial score (nSPS) is 28.3. The molecule has 4 heterocycles. The Morgan fingerprint density at radius 2 is 2.00 bits per heavy atom. The number of halogens is 2. The molecule has 154 valence electrons. The molecule has 29 heavy (non-hydrogen) atoms. The van der Waals surface area contributed by atoms with E-state index in [2.05, 4.69) is 15.0 Å². The lowest BCUT2D eigenvalue weighted by atomic mass is 9.88. The van der Waals surface area contributed by atoms with Gasteiger partial charge < -0.3 is 30.4 Å². The zero-order valence-corrected chi connectivity index (χ0v) is 15.2. The number of aromatic nitrogens is 4. The van der Waals surface area contributed by atoms with Crippen LogP contribution >= 0.6 is 0 Å². The lowest BCUT2D eigenvalue weighted by Gasteiger charge is -2.29. The highest BCUT2D eigenvalue weighted by atomic mass is 19.3. The van der Waals surface area contributed by atoms with E-state index in [9.17, 15) is 24.1 Å². The summed E-state index contributed by atoms with van der Waals surface area (Å²) in [6.07, 6.45) is -3.17. The van der Waals surface area contributed by atoms with Crippen LogP contribution in [-0.4, -0.2) is 52.6 Å². The van der Waals surface area contributed by atoms with Crippen LogP contribution in [0.4, 0.5) is 14.6 Å². The molecule has 5 N–H and O–H groups in total. The summed E-state index contributed by atoms with van der Waals surface area (Å²) in [7, 11) is 0. The third kappa shape index (κ3) is 3.12. The summed E-state index contributed by atoms with van der Waals surface area (Å²) in [5.41, 5.74) is 3.94. The molecular weight excluding hydrogens is 388 g/mol. The summed E-state index contributed by atoms with van der Waals surface area (Å²) < 4.78 is 33.2. The van der Waals surface area contributed by atoms with Crippen LogP contribution < -0.4 is 5.73 Å². The Balaban J connectivity index is 1.69. The van der Waals surface area contributed by atoms with E-state index in [1.165, 1.54) is 24.0 Å². The van der Waals surface area contributed by atoms with Gasteiger partial charge in [-0.05, 0) is 19.1 Å². The number of nitrogen functional groups attached to an aromatic ring is 1. The van der Waals surface area contributed by atoms with E-state index < -0.39 is 36.6 Å². The Labute approximate surface area is 163 Å². The van der Waals surface area contributed by atoms with Crippen molar-refractivity contribution in [2.24, 2.45) is 0 Å². The van der Waals surface area contributed by atoms with Crippen molar-refractivity contribution in [3.05, 3.63) is 48.2 Å². The van der Waals surface area contributed by atoms with E-state index in [1.54, 1.807) is 12.3 Å². The average molecular weight is 407 g/mol. The summed E-state index contributed by atoms with van der Waals surface area (Å²) >= 11 is 0. The van der Waals surface area contributed by atoms with Gasteiger partial charge in [0.25, 0.3) is 6.43 Å². The Kier molecular flexibility index (Phi) is 4.69. The van der Waals surface area contributed by atoms with Crippen LogP contribution in [0.2, 0.25) is 0 Å². The first-order valence-electron chi connectivity index (χ1n) is 8.75. The van der Waals surface area contributed by atoms with Crippen LogP contribution in [0.3, 0.4) is 0 Å². The predicted molar refractivity (Wildman–Crippen MR) is 96.6 cm³/mol. The quantitative estimate of drug-likeness (QED) is 0.504. The van der Waals surface area contributed by atoms with E-state index in [1.807, 2.05) is 0 Å². The van der Waals surface area contributed by atoms with Crippen LogP contribution in [0.5, 0.6) is 0 Å². The maximum absolute atomic E-state index is 13.0. The van der Waals surface area contributed by atoms with Crippen LogP contribution in [0.25, 0.3) is 11.0 Å². The molecule has 3 aromatic heterocycles. The van der Waals surface area contributed by atoms with Crippen molar-refractivity contribution in [2.75, 3.05) is 5.73 Å². The standard InChI is InChI=1S/C18H19F2N5O4/c1-18(28)12(27)17(25-3-2-10-15(21)23-7-24-16(10)25)29-13(18)11(26)8-4-9(14(19)20)6-22-5-8/h2-7,11-14,17,26-28H,1H3,(H2,21,23,24)/t11-,12-,13+,17+,18-/m0/s1. The highest BCUT2D eigenvalue weighted by molar-refractivity contribution is 5.86. The first kappa shape index (κ1) is 19.6. The molecule has 1 aliphatic heterocycles. The molecule has 9 nitrogen and oxygen atoms in total. The van der Waals surface area contributed by atoms with Crippen molar-refractivity contribution in [1.82, 2.24) is 19.5 Å². The Morgan fingerprint density at radius 3 is 2.72 bits per heavy atom. The maximum atomic E-state index is 13.0. The lowest BCUT2D eigenvalue weighted by Crippen LogP contribution is -2.47.